The van der Waals surface area contributed by atoms with Crippen molar-refractivity contribution in [3.05, 3.63) is 71.0 Å². The average molecular weight is 515 g/mol. The molecule has 0 unspecified atom stereocenters. The minimum absolute atomic E-state index is 0.0223. The SMILES string of the molecule is CC(C)(O)COc1cc(C(F)(F)F)c(-c2cccc(COc3cc4c(cn3)[C@H]3[C@@H](C4)[C@@H]3C(=O)O)c2)cn1. The van der Waals surface area contributed by atoms with E-state index in [2.05, 4.69) is 9.97 Å². The zero-order valence-corrected chi connectivity index (χ0v) is 20.1. The van der Waals surface area contributed by atoms with Gasteiger partial charge in [-0.15, -0.1) is 0 Å². The summed E-state index contributed by atoms with van der Waals surface area (Å²) in [7, 11) is 0. The van der Waals surface area contributed by atoms with Crippen LogP contribution in [0.5, 0.6) is 11.8 Å². The molecule has 194 valence electrons. The third kappa shape index (κ3) is 5.24. The lowest BCUT2D eigenvalue weighted by Crippen LogP contribution is -2.28. The van der Waals surface area contributed by atoms with E-state index in [9.17, 15) is 28.2 Å². The summed E-state index contributed by atoms with van der Waals surface area (Å²) in [4.78, 5) is 19.6. The van der Waals surface area contributed by atoms with Gasteiger partial charge in [0.25, 0.3) is 0 Å². The molecule has 2 aliphatic rings. The lowest BCUT2D eigenvalue weighted by molar-refractivity contribution is -0.139. The largest absolute Gasteiger partial charge is 0.481 e. The van der Waals surface area contributed by atoms with Gasteiger partial charge in [0.05, 0.1) is 17.1 Å². The normalized spacial score (nSPS) is 20.2. The maximum absolute atomic E-state index is 13.9. The van der Waals surface area contributed by atoms with Gasteiger partial charge in [-0.2, -0.15) is 13.2 Å². The van der Waals surface area contributed by atoms with Crippen molar-refractivity contribution < 1.29 is 37.7 Å². The molecule has 37 heavy (non-hydrogen) atoms. The quantitative estimate of drug-likeness (QED) is 0.443. The maximum Gasteiger partial charge on any atom is 0.417 e. The molecule has 0 spiro atoms. The molecular weight excluding hydrogens is 489 g/mol. The Balaban J connectivity index is 1.31. The molecule has 0 amide bonds. The van der Waals surface area contributed by atoms with Crippen molar-refractivity contribution in [2.75, 3.05) is 6.61 Å². The number of carboxylic acid groups (broad SMARTS) is 1. The molecule has 0 saturated heterocycles. The van der Waals surface area contributed by atoms with Crippen molar-refractivity contribution in [3.63, 3.8) is 0 Å². The Hall–Kier alpha value is -3.66. The minimum Gasteiger partial charge on any atom is -0.481 e. The molecular formula is C27H25F3N2O5. The van der Waals surface area contributed by atoms with Gasteiger partial charge in [-0.1, -0.05) is 18.2 Å². The van der Waals surface area contributed by atoms with Crippen molar-refractivity contribution in [2.24, 2.45) is 11.8 Å². The summed E-state index contributed by atoms with van der Waals surface area (Å²) in [6.45, 7) is 2.84. The van der Waals surface area contributed by atoms with Crippen molar-refractivity contribution >= 4 is 5.97 Å². The average Bonchev–Trinajstić information content (AvgIpc) is 3.43. The van der Waals surface area contributed by atoms with Crippen LogP contribution in [0.15, 0.2) is 48.8 Å². The van der Waals surface area contributed by atoms with E-state index >= 15 is 0 Å². The van der Waals surface area contributed by atoms with Crippen LogP contribution in [0.2, 0.25) is 0 Å². The van der Waals surface area contributed by atoms with Gasteiger partial charge in [0.15, 0.2) is 0 Å². The Morgan fingerprint density at radius 2 is 1.81 bits per heavy atom. The van der Waals surface area contributed by atoms with Crippen molar-refractivity contribution in [3.8, 4) is 22.9 Å². The second-order valence-corrected chi connectivity index (χ2v) is 10.1. The number of hydrogen-bond donors (Lipinski definition) is 2. The Morgan fingerprint density at radius 1 is 1.08 bits per heavy atom. The molecule has 5 rings (SSSR count). The highest BCUT2D eigenvalue weighted by molar-refractivity contribution is 5.77. The number of alkyl halides is 3. The zero-order valence-electron chi connectivity index (χ0n) is 20.1. The third-order valence-electron chi connectivity index (χ3n) is 6.65. The number of nitrogens with zero attached hydrogens (tertiary/aromatic N) is 2. The summed E-state index contributed by atoms with van der Waals surface area (Å²) in [5.74, 6) is -0.822. The van der Waals surface area contributed by atoms with Gasteiger partial charge in [0.1, 0.15) is 13.2 Å². The van der Waals surface area contributed by atoms with E-state index in [1.165, 1.54) is 13.8 Å². The molecule has 2 N–H and O–H groups in total. The third-order valence-corrected chi connectivity index (χ3v) is 6.65. The summed E-state index contributed by atoms with van der Waals surface area (Å²) in [6.07, 6.45) is -1.20. The summed E-state index contributed by atoms with van der Waals surface area (Å²) in [5.41, 5.74) is 0.716. The molecule has 10 heteroatoms. The van der Waals surface area contributed by atoms with E-state index in [0.29, 0.717) is 23.4 Å². The van der Waals surface area contributed by atoms with Crippen LogP contribution in [0.4, 0.5) is 13.2 Å². The van der Waals surface area contributed by atoms with E-state index in [0.717, 1.165) is 23.4 Å². The molecule has 3 atom stereocenters. The lowest BCUT2D eigenvalue weighted by atomic mass is 10.00. The predicted molar refractivity (Wildman–Crippen MR) is 126 cm³/mol. The first-order chi connectivity index (χ1) is 17.4. The number of aromatic nitrogens is 2. The second kappa shape index (κ2) is 9.02. The standard InChI is InChI=1S/C27H25F3N2O5/c1-26(2,35)13-37-22-9-20(27(28,29)30)18(10-31-22)15-5-3-4-14(6-15)12-36-21-8-16-7-17-23(19(16)11-32-21)24(17)25(33)34/h3-6,8-11,17,23-24,35H,7,12-13H2,1-2H3,(H,33,34)/t17-,23-,24+/m1/s1. The smallest absolute Gasteiger partial charge is 0.417 e. The number of benzene rings is 1. The topological polar surface area (TPSA) is 102 Å². The predicted octanol–water partition coefficient (Wildman–Crippen LogP) is 4.86. The Kier molecular flexibility index (Phi) is 6.10. The van der Waals surface area contributed by atoms with Crippen LogP contribution < -0.4 is 9.47 Å². The van der Waals surface area contributed by atoms with Crippen molar-refractivity contribution in [1.82, 2.24) is 9.97 Å². The number of carboxylic acids is 1. The second-order valence-electron chi connectivity index (χ2n) is 10.1. The summed E-state index contributed by atoms with van der Waals surface area (Å²) in [6, 6.07) is 9.18. The van der Waals surface area contributed by atoms with Gasteiger partial charge in [-0.25, -0.2) is 9.97 Å². The number of ether oxygens (including phenoxy) is 2. The van der Waals surface area contributed by atoms with Gasteiger partial charge in [-0.3, -0.25) is 4.79 Å². The van der Waals surface area contributed by atoms with Crippen LogP contribution >= 0.6 is 0 Å². The number of hydrogen-bond acceptors (Lipinski definition) is 6. The van der Waals surface area contributed by atoms with E-state index in [4.69, 9.17) is 9.47 Å². The van der Waals surface area contributed by atoms with Crippen LogP contribution in [0, 0.1) is 11.8 Å². The highest BCUT2D eigenvalue weighted by Crippen LogP contribution is 2.61. The summed E-state index contributed by atoms with van der Waals surface area (Å²) < 4.78 is 52.7. The first-order valence-corrected chi connectivity index (χ1v) is 11.8. The Morgan fingerprint density at radius 3 is 2.51 bits per heavy atom. The molecule has 1 fully saturated rings. The summed E-state index contributed by atoms with van der Waals surface area (Å²) >= 11 is 0. The maximum atomic E-state index is 13.9. The Labute approximate surface area is 210 Å². The molecule has 2 aromatic heterocycles. The first-order valence-electron chi connectivity index (χ1n) is 11.8. The summed E-state index contributed by atoms with van der Waals surface area (Å²) in [5, 5.41) is 19.0. The molecule has 0 radical (unpaired) electrons. The monoisotopic (exact) mass is 514 g/mol. The number of halogens is 3. The van der Waals surface area contributed by atoms with Crippen LogP contribution in [0.25, 0.3) is 11.1 Å². The first kappa shape index (κ1) is 25.0. The molecule has 0 bridgehead atoms. The Bertz CT molecular complexity index is 1350. The fourth-order valence-electron chi connectivity index (χ4n) is 4.90. The zero-order chi connectivity index (χ0) is 26.5. The molecule has 2 heterocycles. The van der Waals surface area contributed by atoms with Gasteiger partial charge in [0.2, 0.25) is 11.8 Å². The van der Waals surface area contributed by atoms with E-state index in [1.807, 2.05) is 6.07 Å². The molecule has 1 saturated carbocycles. The number of aliphatic hydroxyl groups is 1. The number of rotatable bonds is 8. The van der Waals surface area contributed by atoms with Crippen molar-refractivity contribution in [1.29, 1.82) is 0 Å². The molecule has 2 aliphatic carbocycles. The minimum atomic E-state index is -4.65. The van der Waals surface area contributed by atoms with E-state index in [-0.39, 0.29) is 42.4 Å². The van der Waals surface area contributed by atoms with Crippen LogP contribution in [0.3, 0.4) is 0 Å². The van der Waals surface area contributed by atoms with Crippen LogP contribution in [0.1, 0.15) is 42.0 Å². The van der Waals surface area contributed by atoms with E-state index in [1.54, 1.807) is 30.5 Å². The van der Waals surface area contributed by atoms with Gasteiger partial charge < -0.3 is 19.7 Å². The molecule has 3 aromatic rings. The van der Waals surface area contributed by atoms with Gasteiger partial charge in [-0.05, 0) is 54.5 Å². The number of aliphatic carboxylic acids is 1. The molecule has 7 nitrogen and oxygen atoms in total. The number of carbonyl (C=O) groups is 1. The number of fused-ring (bicyclic) bond motifs is 3. The van der Waals surface area contributed by atoms with Gasteiger partial charge in [0, 0.05) is 36.0 Å². The van der Waals surface area contributed by atoms with Crippen LogP contribution in [-0.4, -0.2) is 38.4 Å². The highest BCUT2D eigenvalue weighted by atomic mass is 19.4. The number of pyridine rings is 2. The molecule has 1 aromatic carbocycles. The lowest BCUT2D eigenvalue weighted by Gasteiger charge is -2.19. The van der Waals surface area contributed by atoms with Gasteiger partial charge >= 0.3 is 12.1 Å². The fraction of sp³-hybridized carbons (Fsp3) is 0.370. The van der Waals surface area contributed by atoms with Crippen LogP contribution in [-0.2, 0) is 24.0 Å². The highest BCUT2D eigenvalue weighted by Gasteiger charge is 2.59. The van der Waals surface area contributed by atoms with E-state index < -0.39 is 23.3 Å². The van der Waals surface area contributed by atoms with Crippen molar-refractivity contribution in [2.45, 2.75) is 44.6 Å². The molecule has 0 aliphatic heterocycles. The fourth-order valence-corrected chi connectivity index (χ4v) is 4.90.